The molecule has 0 aromatic carbocycles. The lowest BCUT2D eigenvalue weighted by atomic mass is 10.1. The van der Waals surface area contributed by atoms with Crippen LogP contribution in [0.5, 0.6) is 0 Å². The van der Waals surface area contributed by atoms with E-state index in [0.717, 1.165) is 0 Å². The SMILES string of the molecule is CC(C(=O)O)c1ccon1. The number of hydrogen-bond donors (Lipinski definition) is 1. The number of hydrogen-bond acceptors (Lipinski definition) is 3. The quantitative estimate of drug-likeness (QED) is 0.663. The third kappa shape index (κ3) is 1.15. The van der Waals surface area contributed by atoms with E-state index in [-0.39, 0.29) is 0 Å². The molecule has 10 heavy (non-hydrogen) atoms. The van der Waals surface area contributed by atoms with Crippen LogP contribution in [0.1, 0.15) is 18.5 Å². The highest BCUT2D eigenvalue weighted by Crippen LogP contribution is 2.11. The van der Waals surface area contributed by atoms with Gasteiger partial charge in [0.2, 0.25) is 0 Å². The number of carbonyl (C=O) groups is 1. The van der Waals surface area contributed by atoms with Crippen LogP contribution >= 0.6 is 0 Å². The van der Waals surface area contributed by atoms with Crippen molar-refractivity contribution < 1.29 is 14.4 Å². The molecule has 1 heterocycles. The number of rotatable bonds is 2. The smallest absolute Gasteiger partial charge is 0.312 e. The Kier molecular flexibility index (Phi) is 1.71. The second-order valence-electron chi connectivity index (χ2n) is 1.98. The average molecular weight is 141 g/mol. The van der Waals surface area contributed by atoms with Gasteiger partial charge in [-0.1, -0.05) is 5.16 Å². The van der Waals surface area contributed by atoms with E-state index in [4.69, 9.17) is 5.11 Å². The largest absolute Gasteiger partial charge is 0.481 e. The Morgan fingerprint density at radius 1 is 1.90 bits per heavy atom. The molecule has 0 spiro atoms. The summed E-state index contributed by atoms with van der Waals surface area (Å²) in [6.45, 7) is 1.56. The fourth-order valence-electron chi connectivity index (χ4n) is 0.572. The normalized spacial score (nSPS) is 12.9. The standard InChI is InChI=1S/C6H7NO3/c1-4(6(8)9)5-2-3-10-7-5/h2-4H,1H3,(H,8,9). The lowest BCUT2D eigenvalue weighted by Gasteiger charge is -1.97. The first-order valence-corrected chi connectivity index (χ1v) is 2.85. The zero-order chi connectivity index (χ0) is 7.56. The minimum Gasteiger partial charge on any atom is -0.481 e. The van der Waals surface area contributed by atoms with Gasteiger partial charge in [0.25, 0.3) is 0 Å². The predicted octanol–water partition coefficient (Wildman–Crippen LogP) is 0.863. The molecular weight excluding hydrogens is 134 g/mol. The van der Waals surface area contributed by atoms with E-state index in [1.54, 1.807) is 13.0 Å². The van der Waals surface area contributed by atoms with Gasteiger partial charge in [0.15, 0.2) is 0 Å². The van der Waals surface area contributed by atoms with Crippen molar-refractivity contribution in [3.05, 3.63) is 18.0 Å². The third-order valence-electron chi connectivity index (χ3n) is 1.27. The first-order chi connectivity index (χ1) is 4.72. The molecule has 0 aliphatic rings. The zero-order valence-corrected chi connectivity index (χ0v) is 5.44. The Labute approximate surface area is 57.4 Å². The summed E-state index contributed by atoms with van der Waals surface area (Å²) in [7, 11) is 0. The van der Waals surface area contributed by atoms with Crippen LogP contribution in [0.15, 0.2) is 16.9 Å². The molecule has 1 aromatic rings. The van der Waals surface area contributed by atoms with Crippen LogP contribution < -0.4 is 0 Å². The molecule has 1 rings (SSSR count). The fraction of sp³-hybridized carbons (Fsp3) is 0.333. The van der Waals surface area contributed by atoms with Crippen molar-refractivity contribution in [2.24, 2.45) is 0 Å². The fourth-order valence-corrected chi connectivity index (χ4v) is 0.572. The van der Waals surface area contributed by atoms with Crippen LogP contribution in [0.25, 0.3) is 0 Å². The molecule has 1 atom stereocenters. The molecule has 4 nitrogen and oxygen atoms in total. The summed E-state index contributed by atoms with van der Waals surface area (Å²) in [4.78, 5) is 10.3. The maximum absolute atomic E-state index is 10.3. The van der Waals surface area contributed by atoms with Crippen molar-refractivity contribution in [1.29, 1.82) is 0 Å². The molecule has 54 valence electrons. The van der Waals surface area contributed by atoms with E-state index in [2.05, 4.69) is 9.68 Å². The molecule has 0 saturated carbocycles. The first-order valence-electron chi connectivity index (χ1n) is 2.85. The minimum absolute atomic E-state index is 0.451. The van der Waals surface area contributed by atoms with Crippen molar-refractivity contribution >= 4 is 5.97 Å². The summed E-state index contributed by atoms with van der Waals surface area (Å²) in [5.74, 6) is -1.48. The zero-order valence-electron chi connectivity index (χ0n) is 5.44. The van der Waals surface area contributed by atoms with Crippen LogP contribution in [0.2, 0.25) is 0 Å². The van der Waals surface area contributed by atoms with E-state index in [9.17, 15) is 4.79 Å². The van der Waals surface area contributed by atoms with E-state index in [1.807, 2.05) is 0 Å². The summed E-state index contributed by atoms with van der Waals surface area (Å²) in [6.07, 6.45) is 1.36. The van der Waals surface area contributed by atoms with Gasteiger partial charge in [-0.15, -0.1) is 0 Å². The maximum atomic E-state index is 10.3. The molecule has 0 aliphatic heterocycles. The molecule has 0 aliphatic carbocycles. The lowest BCUT2D eigenvalue weighted by Crippen LogP contribution is -2.07. The van der Waals surface area contributed by atoms with E-state index >= 15 is 0 Å². The monoisotopic (exact) mass is 141 g/mol. The molecule has 0 radical (unpaired) electrons. The molecule has 0 saturated heterocycles. The number of carboxylic acids is 1. The minimum atomic E-state index is -0.895. The van der Waals surface area contributed by atoms with E-state index in [1.165, 1.54) is 6.26 Å². The summed E-state index contributed by atoms with van der Waals surface area (Å²) < 4.78 is 4.47. The van der Waals surface area contributed by atoms with Gasteiger partial charge in [0, 0.05) is 6.07 Å². The van der Waals surface area contributed by atoms with Crippen molar-refractivity contribution in [1.82, 2.24) is 5.16 Å². The van der Waals surface area contributed by atoms with E-state index in [0.29, 0.717) is 5.69 Å². The Bertz CT molecular complexity index is 217. The Morgan fingerprint density at radius 3 is 3.00 bits per heavy atom. The lowest BCUT2D eigenvalue weighted by molar-refractivity contribution is -0.138. The Balaban J connectivity index is 2.77. The van der Waals surface area contributed by atoms with Crippen LogP contribution in [-0.4, -0.2) is 16.2 Å². The van der Waals surface area contributed by atoms with Gasteiger partial charge in [-0.3, -0.25) is 4.79 Å². The van der Waals surface area contributed by atoms with Gasteiger partial charge in [0.05, 0.1) is 11.6 Å². The van der Waals surface area contributed by atoms with Crippen LogP contribution in [0.4, 0.5) is 0 Å². The van der Waals surface area contributed by atoms with Gasteiger partial charge in [0.1, 0.15) is 6.26 Å². The maximum Gasteiger partial charge on any atom is 0.312 e. The molecule has 1 aromatic heterocycles. The predicted molar refractivity (Wildman–Crippen MR) is 32.6 cm³/mol. The van der Waals surface area contributed by atoms with Gasteiger partial charge in [-0.25, -0.2) is 0 Å². The highest BCUT2D eigenvalue weighted by atomic mass is 16.5. The van der Waals surface area contributed by atoms with Gasteiger partial charge in [-0.05, 0) is 6.92 Å². The van der Waals surface area contributed by atoms with Crippen LogP contribution in [0, 0.1) is 0 Å². The molecule has 0 bridgehead atoms. The number of aromatic nitrogens is 1. The summed E-state index contributed by atoms with van der Waals surface area (Å²) in [5.41, 5.74) is 0.451. The van der Waals surface area contributed by atoms with E-state index < -0.39 is 11.9 Å². The van der Waals surface area contributed by atoms with Crippen molar-refractivity contribution in [3.8, 4) is 0 Å². The second kappa shape index (κ2) is 2.51. The van der Waals surface area contributed by atoms with Gasteiger partial charge < -0.3 is 9.63 Å². The van der Waals surface area contributed by atoms with Crippen molar-refractivity contribution in [2.45, 2.75) is 12.8 Å². The molecule has 0 amide bonds. The molecule has 1 N–H and O–H groups in total. The second-order valence-corrected chi connectivity index (χ2v) is 1.98. The third-order valence-corrected chi connectivity index (χ3v) is 1.27. The van der Waals surface area contributed by atoms with Crippen LogP contribution in [-0.2, 0) is 4.79 Å². The average Bonchev–Trinajstić information content (AvgIpc) is 2.36. The van der Waals surface area contributed by atoms with Crippen molar-refractivity contribution in [2.75, 3.05) is 0 Å². The molecule has 0 fully saturated rings. The highest BCUT2D eigenvalue weighted by Gasteiger charge is 2.15. The number of nitrogens with zero attached hydrogens (tertiary/aromatic N) is 1. The summed E-state index contributed by atoms with van der Waals surface area (Å²) >= 11 is 0. The molecule has 1 unspecified atom stereocenters. The highest BCUT2D eigenvalue weighted by molar-refractivity contribution is 5.74. The van der Waals surface area contributed by atoms with Crippen LogP contribution in [0.3, 0.4) is 0 Å². The molecule has 4 heteroatoms. The Hall–Kier alpha value is -1.32. The number of aliphatic carboxylic acids is 1. The summed E-state index contributed by atoms with van der Waals surface area (Å²) in [5, 5.41) is 12.0. The number of carboxylic acid groups (broad SMARTS) is 1. The molecular formula is C6H7NO3. The van der Waals surface area contributed by atoms with Gasteiger partial charge in [-0.2, -0.15) is 0 Å². The summed E-state index contributed by atoms with van der Waals surface area (Å²) in [6, 6.07) is 1.54. The topological polar surface area (TPSA) is 63.3 Å². The van der Waals surface area contributed by atoms with Gasteiger partial charge >= 0.3 is 5.97 Å². The first kappa shape index (κ1) is 6.80. The Morgan fingerprint density at radius 2 is 2.60 bits per heavy atom. The van der Waals surface area contributed by atoms with Crippen molar-refractivity contribution in [3.63, 3.8) is 0 Å².